The fourth-order valence-electron chi connectivity index (χ4n) is 3.54. The smallest absolute Gasteiger partial charge is 0.0249 e. The summed E-state index contributed by atoms with van der Waals surface area (Å²) in [5, 5.41) is 0. The minimum Gasteiger partial charge on any atom is -0.0914 e. The summed E-state index contributed by atoms with van der Waals surface area (Å²) >= 11 is 0. The van der Waals surface area contributed by atoms with Crippen LogP contribution in [0.3, 0.4) is 0 Å². The molecule has 0 spiro atoms. The first kappa shape index (κ1) is 16.6. The number of hydrogen-bond donors (Lipinski definition) is 0. The van der Waals surface area contributed by atoms with E-state index in [9.17, 15) is 0 Å². The van der Waals surface area contributed by atoms with Crippen LogP contribution in [0.25, 0.3) is 0 Å². The monoisotopic (exact) mass is 316 g/mol. The van der Waals surface area contributed by atoms with Crippen LogP contribution in [0.4, 0.5) is 0 Å². The highest BCUT2D eigenvalue weighted by atomic mass is 14.2. The highest BCUT2D eigenvalue weighted by Crippen LogP contribution is 2.36. The molecule has 0 radical (unpaired) electrons. The number of rotatable bonds is 2. The third-order valence-corrected chi connectivity index (χ3v) is 5.02. The van der Waals surface area contributed by atoms with E-state index in [2.05, 4.69) is 86.4 Å². The summed E-state index contributed by atoms with van der Waals surface area (Å²) in [5.74, 6) is 8.05. The average molecular weight is 316 g/mol. The second-order valence-electron chi connectivity index (χ2n) is 6.88. The van der Waals surface area contributed by atoms with Gasteiger partial charge in [-0.15, -0.1) is 0 Å². The van der Waals surface area contributed by atoms with Crippen molar-refractivity contribution >= 4 is 0 Å². The second kappa shape index (κ2) is 8.02. The number of hydrogen-bond acceptors (Lipinski definition) is 0. The van der Waals surface area contributed by atoms with E-state index < -0.39 is 0 Å². The molecule has 0 atom stereocenters. The molecule has 2 aromatic rings. The third kappa shape index (κ3) is 4.39. The third-order valence-electron chi connectivity index (χ3n) is 5.02. The van der Waals surface area contributed by atoms with Crippen molar-refractivity contribution in [2.24, 2.45) is 5.92 Å². The molecule has 0 amide bonds. The quantitative estimate of drug-likeness (QED) is 0.439. The fourth-order valence-corrected chi connectivity index (χ4v) is 3.54. The minimum absolute atomic E-state index is 0. The van der Waals surface area contributed by atoms with E-state index in [0.29, 0.717) is 0 Å². The van der Waals surface area contributed by atoms with Gasteiger partial charge in [-0.25, -0.2) is 0 Å². The molecule has 1 aliphatic rings. The normalized spacial score (nSPS) is 20.6. The lowest BCUT2D eigenvalue weighted by atomic mass is 9.78. The van der Waals surface area contributed by atoms with Gasteiger partial charge in [0, 0.05) is 12.6 Å². The molecule has 1 fully saturated rings. The van der Waals surface area contributed by atoms with Gasteiger partial charge in [0.1, 0.15) is 0 Å². The van der Waals surface area contributed by atoms with Crippen molar-refractivity contribution in [1.82, 2.24) is 0 Å². The molecule has 0 unspecified atom stereocenters. The van der Waals surface area contributed by atoms with Gasteiger partial charge >= 0.3 is 0 Å². The summed E-state index contributed by atoms with van der Waals surface area (Å²) in [5.41, 5.74) is 4.93. The van der Waals surface area contributed by atoms with Crippen molar-refractivity contribution in [2.45, 2.75) is 45.4 Å². The lowest BCUT2D eigenvalue weighted by Crippen LogP contribution is -2.11. The standard InChI is InChI=1S/C24H26.H2/c1-3-4-20-11-15-23(16-12-20)24-17-13-22(14-18-24)10-9-21-7-5-19(2)6-8-21;/h3-8,13-14,17-18,20,23H,11-12,15-16H2,1-2H3;1H/b4-3+;. The summed E-state index contributed by atoms with van der Waals surface area (Å²) in [6, 6.07) is 17.3. The van der Waals surface area contributed by atoms with Crippen LogP contribution in [-0.4, -0.2) is 0 Å². The van der Waals surface area contributed by atoms with Crippen LogP contribution in [0.2, 0.25) is 0 Å². The molecule has 0 nitrogen and oxygen atoms in total. The summed E-state index contributed by atoms with van der Waals surface area (Å²) in [6.45, 7) is 4.23. The molecule has 2 aromatic carbocycles. The van der Waals surface area contributed by atoms with E-state index in [-0.39, 0.29) is 1.43 Å². The van der Waals surface area contributed by atoms with E-state index in [1.807, 2.05) is 0 Å². The van der Waals surface area contributed by atoms with E-state index in [4.69, 9.17) is 0 Å². The lowest BCUT2D eigenvalue weighted by Gasteiger charge is -2.27. The Morgan fingerprint density at radius 1 is 0.833 bits per heavy atom. The van der Waals surface area contributed by atoms with Crippen molar-refractivity contribution in [3.05, 3.63) is 82.9 Å². The molecule has 124 valence electrons. The maximum atomic E-state index is 3.28. The van der Waals surface area contributed by atoms with Crippen LogP contribution in [0.5, 0.6) is 0 Å². The van der Waals surface area contributed by atoms with Gasteiger partial charge in [-0.3, -0.25) is 0 Å². The van der Waals surface area contributed by atoms with E-state index in [1.165, 1.54) is 36.8 Å². The van der Waals surface area contributed by atoms with Crippen LogP contribution in [0.15, 0.2) is 60.7 Å². The van der Waals surface area contributed by atoms with Crippen molar-refractivity contribution in [3.63, 3.8) is 0 Å². The maximum absolute atomic E-state index is 3.28. The average Bonchev–Trinajstić information content (AvgIpc) is 2.63. The summed E-state index contributed by atoms with van der Waals surface area (Å²) in [7, 11) is 0. The molecule has 0 aliphatic heterocycles. The molecule has 0 bridgehead atoms. The zero-order valence-electron chi connectivity index (χ0n) is 14.8. The molecule has 3 rings (SSSR count). The summed E-state index contributed by atoms with van der Waals surface area (Å²) < 4.78 is 0. The van der Waals surface area contributed by atoms with Crippen LogP contribution in [0.1, 0.15) is 62.2 Å². The second-order valence-corrected chi connectivity index (χ2v) is 6.88. The molecule has 0 heteroatoms. The first-order valence-electron chi connectivity index (χ1n) is 9.06. The topological polar surface area (TPSA) is 0 Å². The van der Waals surface area contributed by atoms with Gasteiger partial charge in [-0.05, 0) is 81.2 Å². The van der Waals surface area contributed by atoms with Gasteiger partial charge in [-0.2, -0.15) is 0 Å². The molecule has 0 N–H and O–H groups in total. The largest absolute Gasteiger partial charge is 0.0914 e. The summed E-state index contributed by atoms with van der Waals surface area (Å²) in [4.78, 5) is 0. The van der Waals surface area contributed by atoms with E-state index >= 15 is 0 Å². The predicted molar refractivity (Wildman–Crippen MR) is 105 cm³/mol. The number of benzene rings is 2. The highest BCUT2D eigenvalue weighted by molar-refractivity contribution is 5.44. The van der Waals surface area contributed by atoms with E-state index in [0.717, 1.165) is 23.0 Å². The maximum Gasteiger partial charge on any atom is 0.0249 e. The zero-order chi connectivity index (χ0) is 16.8. The Labute approximate surface area is 148 Å². The molecule has 0 saturated heterocycles. The molecule has 0 heterocycles. The fraction of sp³-hybridized carbons (Fsp3) is 0.333. The van der Waals surface area contributed by atoms with Gasteiger partial charge in [0.05, 0.1) is 0 Å². The molecular weight excluding hydrogens is 288 g/mol. The van der Waals surface area contributed by atoms with Crippen molar-refractivity contribution in [2.75, 3.05) is 0 Å². The Kier molecular flexibility index (Phi) is 5.55. The Morgan fingerprint density at radius 3 is 1.92 bits per heavy atom. The molecule has 1 aliphatic carbocycles. The van der Waals surface area contributed by atoms with Gasteiger partial charge in [0.15, 0.2) is 0 Å². The summed E-state index contributed by atoms with van der Waals surface area (Å²) in [6.07, 6.45) is 9.84. The Morgan fingerprint density at radius 2 is 1.38 bits per heavy atom. The van der Waals surface area contributed by atoms with Crippen LogP contribution < -0.4 is 0 Å². The lowest BCUT2D eigenvalue weighted by molar-refractivity contribution is 0.375. The Bertz CT molecular complexity index is 733. The van der Waals surface area contributed by atoms with Gasteiger partial charge in [0.2, 0.25) is 0 Å². The SMILES string of the molecule is C/C=C/C1CCC(c2ccc(C#Cc3ccc(C)cc3)cc2)CC1.[HH]. The van der Waals surface area contributed by atoms with Crippen molar-refractivity contribution < 1.29 is 1.43 Å². The van der Waals surface area contributed by atoms with Crippen LogP contribution in [0, 0.1) is 24.7 Å². The van der Waals surface area contributed by atoms with Crippen molar-refractivity contribution in [1.29, 1.82) is 0 Å². The van der Waals surface area contributed by atoms with Gasteiger partial charge in [-0.1, -0.05) is 53.8 Å². The van der Waals surface area contributed by atoms with Gasteiger partial charge < -0.3 is 0 Å². The number of allylic oxidation sites excluding steroid dienone is 2. The van der Waals surface area contributed by atoms with Crippen LogP contribution in [-0.2, 0) is 0 Å². The molecule has 1 saturated carbocycles. The van der Waals surface area contributed by atoms with E-state index in [1.54, 1.807) is 0 Å². The van der Waals surface area contributed by atoms with Gasteiger partial charge in [0.25, 0.3) is 0 Å². The molecule has 0 aromatic heterocycles. The first-order valence-corrected chi connectivity index (χ1v) is 9.06. The molecule has 24 heavy (non-hydrogen) atoms. The van der Waals surface area contributed by atoms with Crippen molar-refractivity contribution in [3.8, 4) is 11.8 Å². The Hall–Kier alpha value is -2.26. The minimum atomic E-state index is 0. The zero-order valence-corrected chi connectivity index (χ0v) is 14.8. The highest BCUT2D eigenvalue weighted by Gasteiger charge is 2.20. The molecular formula is C24H28. The van der Waals surface area contributed by atoms with Crippen LogP contribution >= 0.6 is 0 Å². The predicted octanol–water partition coefficient (Wildman–Crippen LogP) is 6.49. The Balaban J connectivity index is 0.00000225. The first-order chi connectivity index (χ1) is 11.7. The number of aryl methyl sites for hydroxylation is 1.